The lowest BCUT2D eigenvalue weighted by Crippen LogP contribution is -2.23. The molecule has 3 aromatic carbocycles. The highest BCUT2D eigenvalue weighted by Crippen LogP contribution is 2.28. The summed E-state index contributed by atoms with van der Waals surface area (Å²) in [5, 5.41) is 1.28. The largest absolute Gasteiger partial charge is 0.465 e. The summed E-state index contributed by atoms with van der Waals surface area (Å²) < 4.78 is 7.76. The van der Waals surface area contributed by atoms with E-state index in [2.05, 4.69) is 4.99 Å². The van der Waals surface area contributed by atoms with E-state index in [0.717, 1.165) is 21.3 Å². The molecule has 0 aliphatic heterocycles. The van der Waals surface area contributed by atoms with Gasteiger partial charge in [0.05, 0.1) is 33.6 Å². The highest BCUT2D eigenvalue weighted by molar-refractivity contribution is 7.16. The second-order valence-electron chi connectivity index (χ2n) is 8.15. The molecule has 0 spiro atoms. The monoisotopic (exact) mass is 515 g/mol. The first-order chi connectivity index (χ1) is 17.5. The summed E-state index contributed by atoms with van der Waals surface area (Å²) in [4.78, 5) is 35.7. The van der Waals surface area contributed by atoms with Crippen molar-refractivity contribution in [3.8, 4) is 11.3 Å². The Morgan fingerprint density at radius 3 is 2.58 bits per heavy atom. The number of rotatable bonds is 5. The van der Waals surface area contributed by atoms with Gasteiger partial charge in [-0.15, -0.1) is 0 Å². The summed E-state index contributed by atoms with van der Waals surface area (Å²) in [7, 11) is 0. The van der Waals surface area contributed by atoms with Gasteiger partial charge in [0.15, 0.2) is 4.80 Å². The number of carbonyl (C=O) groups excluding carboxylic acids is 2. The summed E-state index contributed by atoms with van der Waals surface area (Å²) in [6, 6.07) is 22.7. The average molecular weight is 516 g/mol. The van der Waals surface area contributed by atoms with E-state index in [4.69, 9.17) is 21.3 Å². The van der Waals surface area contributed by atoms with Gasteiger partial charge in [-0.05, 0) is 43.7 Å². The van der Waals surface area contributed by atoms with Crippen LogP contribution < -0.4 is 4.80 Å². The second kappa shape index (κ2) is 10.0. The first-order valence-electron chi connectivity index (χ1n) is 11.4. The van der Waals surface area contributed by atoms with Crippen molar-refractivity contribution >= 4 is 55.9 Å². The Hall–Kier alpha value is -3.81. The highest BCUT2D eigenvalue weighted by Gasteiger charge is 2.18. The molecule has 1 amide bonds. The molecule has 0 aliphatic carbocycles. The Labute approximate surface area is 216 Å². The van der Waals surface area contributed by atoms with Crippen molar-refractivity contribution < 1.29 is 14.3 Å². The Morgan fingerprint density at radius 1 is 1.06 bits per heavy atom. The maximum Gasteiger partial charge on any atom is 0.326 e. The van der Waals surface area contributed by atoms with Crippen LogP contribution in [0.4, 0.5) is 0 Å². The first kappa shape index (κ1) is 23.9. The number of para-hydroxylation sites is 1. The van der Waals surface area contributed by atoms with Gasteiger partial charge in [-0.25, -0.2) is 4.98 Å². The van der Waals surface area contributed by atoms with E-state index in [1.165, 1.54) is 11.3 Å². The number of hydrogen-bond acceptors (Lipinski definition) is 5. The maximum absolute atomic E-state index is 13.7. The fraction of sp³-hybridized carbons (Fsp3) is 0.143. The summed E-state index contributed by atoms with van der Waals surface area (Å²) in [5.41, 5.74) is 4.30. The number of esters is 1. The van der Waals surface area contributed by atoms with Crippen LogP contribution in [0.2, 0.25) is 5.02 Å². The van der Waals surface area contributed by atoms with E-state index in [0.29, 0.717) is 32.0 Å². The van der Waals surface area contributed by atoms with Crippen LogP contribution >= 0.6 is 22.9 Å². The number of hydrogen-bond donors (Lipinski definition) is 0. The Balaban J connectivity index is 1.71. The van der Waals surface area contributed by atoms with Crippen molar-refractivity contribution in [3.05, 3.63) is 93.7 Å². The molecule has 180 valence electrons. The number of carbonyl (C=O) groups is 2. The van der Waals surface area contributed by atoms with Crippen molar-refractivity contribution in [1.29, 1.82) is 0 Å². The van der Waals surface area contributed by atoms with E-state index in [1.807, 2.05) is 67.6 Å². The number of aromatic nitrogens is 2. The van der Waals surface area contributed by atoms with Gasteiger partial charge in [0.2, 0.25) is 0 Å². The van der Waals surface area contributed by atoms with Gasteiger partial charge in [-0.2, -0.15) is 4.99 Å². The lowest BCUT2D eigenvalue weighted by molar-refractivity contribution is -0.143. The standard InChI is InChI=1S/C28H22ClN3O3S/c1-3-35-25(33)16-32-26-17(2)21(29)13-14-24(26)36-28(32)31-27(34)20-15-23(18-9-5-4-6-10-18)30-22-12-8-7-11-19(20)22/h4-15H,3,16H2,1-2H3. The highest BCUT2D eigenvalue weighted by atomic mass is 35.5. The summed E-state index contributed by atoms with van der Waals surface area (Å²) in [5.74, 6) is -0.829. The fourth-order valence-corrected chi connectivity index (χ4v) is 5.38. The summed E-state index contributed by atoms with van der Waals surface area (Å²) in [6.45, 7) is 3.82. The topological polar surface area (TPSA) is 73.6 Å². The van der Waals surface area contributed by atoms with Crippen molar-refractivity contribution in [2.75, 3.05) is 6.61 Å². The quantitative estimate of drug-likeness (QED) is 0.262. The molecule has 0 N–H and O–H groups in total. The molecule has 0 radical (unpaired) electrons. The third-order valence-corrected chi connectivity index (χ3v) is 7.29. The Morgan fingerprint density at radius 2 is 1.81 bits per heavy atom. The molecular weight excluding hydrogens is 494 g/mol. The van der Waals surface area contributed by atoms with Gasteiger partial charge < -0.3 is 9.30 Å². The molecule has 36 heavy (non-hydrogen) atoms. The van der Waals surface area contributed by atoms with Gasteiger partial charge in [-0.3, -0.25) is 9.59 Å². The van der Waals surface area contributed by atoms with E-state index in [-0.39, 0.29) is 13.2 Å². The molecule has 2 aromatic heterocycles. The zero-order chi connectivity index (χ0) is 25.2. The normalized spacial score (nSPS) is 11.8. The molecule has 0 aliphatic rings. The number of aryl methyl sites for hydroxylation is 1. The van der Waals surface area contributed by atoms with Crippen molar-refractivity contribution in [3.63, 3.8) is 0 Å². The predicted molar refractivity (Wildman–Crippen MR) is 143 cm³/mol. The third-order valence-electron chi connectivity index (χ3n) is 5.84. The third kappa shape index (κ3) is 4.55. The van der Waals surface area contributed by atoms with Crippen LogP contribution in [0.3, 0.4) is 0 Å². The summed E-state index contributed by atoms with van der Waals surface area (Å²) in [6.07, 6.45) is 0. The minimum absolute atomic E-state index is 0.0759. The number of thiazole rings is 1. The molecule has 0 saturated carbocycles. The number of benzene rings is 3. The van der Waals surface area contributed by atoms with Crippen LogP contribution in [0.25, 0.3) is 32.4 Å². The van der Waals surface area contributed by atoms with Gasteiger partial charge in [-0.1, -0.05) is 71.5 Å². The minimum Gasteiger partial charge on any atom is -0.465 e. The van der Waals surface area contributed by atoms with Crippen molar-refractivity contribution in [2.24, 2.45) is 4.99 Å². The van der Waals surface area contributed by atoms with Crippen LogP contribution in [0.1, 0.15) is 22.8 Å². The van der Waals surface area contributed by atoms with Crippen LogP contribution in [0.15, 0.2) is 77.8 Å². The predicted octanol–water partition coefficient (Wildman–Crippen LogP) is 6.18. The minimum atomic E-state index is -0.418. The lowest BCUT2D eigenvalue weighted by atomic mass is 10.0. The maximum atomic E-state index is 13.7. The zero-order valence-electron chi connectivity index (χ0n) is 19.7. The second-order valence-corrected chi connectivity index (χ2v) is 9.57. The number of halogens is 1. The van der Waals surface area contributed by atoms with Crippen molar-refractivity contribution in [2.45, 2.75) is 20.4 Å². The van der Waals surface area contributed by atoms with Crippen LogP contribution in [-0.4, -0.2) is 28.0 Å². The Kier molecular flexibility index (Phi) is 6.67. The molecule has 8 heteroatoms. The number of fused-ring (bicyclic) bond motifs is 2. The SMILES string of the molecule is CCOC(=O)Cn1c(=NC(=O)c2cc(-c3ccccc3)nc3ccccc23)sc2ccc(Cl)c(C)c21. The number of amides is 1. The number of nitrogens with zero attached hydrogens (tertiary/aromatic N) is 3. The fourth-order valence-electron chi connectivity index (χ4n) is 4.14. The van der Waals surface area contributed by atoms with E-state index >= 15 is 0 Å². The molecule has 5 rings (SSSR count). The van der Waals surface area contributed by atoms with Gasteiger partial charge in [0, 0.05) is 16.0 Å². The molecule has 6 nitrogen and oxygen atoms in total. The molecule has 0 bridgehead atoms. The Bertz CT molecular complexity index is 1690. The molecular formula is C28H22ClN3O3S. The molecule has 0 atom stereocenters. The van der Waals surface area contributed by atoms with E-state index in [1.54, 1.807) is 23.6 Å². The zero-order valence-corrected chi connectivity index (χ0v) is 21.3. The average Bonchev–Trinajstić information content (AvgIpc) is 3.23. The summed E-state index contributed by atoms with van der Waals surface area (Å²) >= 11 is 7.71. The van der Waals surface area contributed by atoms with Gasteiger partial charge in [0.1, 0.15) is 6.54 Å². The molecule has 2 heterocycles. The van der Waals surface area contributed by atoms with E-state index < -0.39 is 11.9 Å². The lowest BCUT2D eigenvalue weighted by Gasteiger charge is -2.09. The smallest absolute Gasteiger partial charge is 0.326 e. The number of pyridine rings is 1. The first-order valence-corrected chi connectivity index (χ1v) is 12.6. The molecule has 0 unspecified atom stereocenters. The number of ether oxygens (including phenoxy) is 1. The van der Waals surface area contributed by atoms with E-state index in [9.17, 15) is 9.59 Å². The van der Waals surface area contributed by atoms with Gasteiger partial charge in [0.25, 0.3) is 5.91 Å². The van der Waals surface area contributed by atoms with Crippen molar-refractivity contribution in [1.82, 2.24) is 9.55 Å². The van der Waals surface area contributed by atoms with Crippen LogP contribution in [0.5, 0.6) is 0 Å². The van der Waals surface area contributed by atoms with Crippen LogP contribution in [-0.2, 0) is 16.1 Å². The van der Waals surface area contributed by atoms with Gasteiger partial charge >= 0.3 is 5.97 Å². The molecule has 5 aromatic rings. The van der Waals surface area contributed by atoms with Crippen LogP contribution in [0, 0.1) is 6.92 Å². The molecule has 0 fully saturated rings. The molecule has 0 saturated heterocycles.